The van der Waals surface area contributed by atoms with Gasteiger partial charge in [-0.3, -0.25) is 4.79 Å². The number of amides is 1. The predicted molar refractivity (Wildman–Crippen MR) is 92.4 cm³/mol. The van der Waals surface area contributed by atoms with Crippen LogP contribution in [0.2, 0.25) is 0 Å². The third-order valence-corrected chi connectivity index (χ3v) is 3.79. The van der Waals surface area contributed by atoms with Crippen molar-refractivity contribution in [1.82, 2.24) is 9.97 Å². The highest BCUT2D eigenvalue weighted by molar-refractivity contribution is 9.10. The zero-order chi connectivity index (χ0) is 16.3. The van der Waals surface area contributed by atoms with Crippen LogP contribution < -0.4 is 10.6 Å². The number of nitrogens with one attached hydrogen (secondary N) is 2. The average Bonchev–Trinajstić information content (AvgIpc) is 2.41. The van der Waals surface area contributed by atoms with Gasteiger partial charge >= 0.3 is 0 Å². The topological polar surface area (TPSA) is 66.9 Å². The lowest BCUT2D eigenvalue weighted by Gasteiger charge is -2.11. The molecule has 0 bridgehead atoms. The molecule has 0 fully saturated rings. The van der Waals surface area contributed by atoms with Crippen molar-refractivity contribution in [2.24, 2.45) is 0 Å². The van der Waals surface area contributed by atoms with Gasteiger partial charge < -0.3 is 10.6 Å². The van der Waals surface area contributed by atoms with Gasteiger partial charge in [0.2, 0.25) is 0 Å². The minimum Gasteiger partial charge on any atom is -0.368 e. The van der Waals surface area contributed by atoms with Crippen LogP contribution in [0.15, 0.2) is 28.7 Å². The van der Waals surface area contributed by atoms with E-state index in [1.807, 2.05) is 39.0 Å². The van der Waals surface area contributed by atoms with Crippen LogP contribution in [0.4, 0.5) is 11.5 Å². The van der Waals surface area contributed by atoms with Crippen LogP contribution in [0, 0.1) is 13.8 Å². The summed E-state index contributed by atoms with van der Waals surface area (Å²) in [6.07, 6.45) is 0. The summed E-state index contributed by atoms with van der Waals surface area (Å²) in [5, 5.41) is 6.03. The standard InChI is InChI=1S/C16H19BrN4O/c1-9(2)18-15-8-14(19-11(4)20-15)16(22)21-12-6-5-10(3)13(17)7-12/h5-9H,1-4H3,(H,21,22)(H,18,19,20). The van der Waals surface area contributed by atoms with Crippen LogP contribution in [-0.4, -0.2) is 21.9 Å². The highest BCUT2D eigenvalue weighted by Gasteiger charge is 2.12. The lowest BCUT2D eigenvalue weighted by Crippen LogP contribution is -2.17. The smallest absolute Gasteiger partial charge is 0.274 e. The van der Waals surface area contributed by atoms with Crippen molar-refractivity contribution in [2.75, 3.05) is 10.6 Å². The number of halogens is 1. The van der Waals surface area contributed by atoms with Crippen molar-refractivity contribution in [3.8, 4) is 0 Å². The number of anilines is 2. The number of rotatable bonds is 4. The maximum atomic E-state index is 12.4. The molecular weight excluding hydrogens is 344 g/mol. The monoisotopic (exact) mass is 362 g/mol. The maximum absolute atomic E-state index is 12.4. The van der Waals surface area contributed by atoms with E-state index in [2.05, 4.69) is 36.5 Å². The minimum atomic E-state index is -0.256. The van der Waals surface area contributed by atoms with Crippen LogP contribution >= 0.6 is 15.9 Å². The van der Waals surface area contributed by atoms with E-state index in [9.17, 15) is 4.79 Å². The van der Waals surface area contributed by atoms with E-state index in [0.29, 0.717) is 17.3 Å². The Morgan fingerprint density at radius 2 is 1.91 bits per heavy atom. The lowest BCUT2D eigenvalue weighted by atomic mass is 10.2. The van der Waals surface area contributed by atoms with E-state index in [0.717, 1.165) is 15.7 Å². The highest BCUT2D eigenvalue weighted by Crippen LogP contribution is 2.21. The Hall–Kier alpha value is -1.95. The number of benzene rings is 1. The molecule has 2 N–H and O–H groups in total. The number of carbonyl (C=O) groups is 1. The molecule has 0 unspecified atom stereocenters. The van der Waals surface area contributed by atoms with Crippen LogP contribution in [0.25, 0.3) is 0 Å². The second-order valence-electron chi connectivity index (χ2n) is 5.40. The number of nitrogens with zero attached hydrogens (tertiary/aromatic N) is 2. The Morgan fingerprint density at radius 3 is 2.55 bits per heavy atom. The van der Waals surface area contributed by atoms with Crippen LogP contribution in [0.1, 0.15) is 35.7 Å². The van der Waals surface area contributed by atoms with Crippen molar-refractivity contribution < 1.29 is 4.79 Å². The molecule has 0 aliphatic rings. The molecule has 6 heteroatoms. The zero-order valence-corrected chi connectivity index (χ0v) is 14.7. The quantitative estimate of drug-likeness (QED) is 0.864. The largest absolute Gasteiger partial charge is 0.368 e. The van der Waals surface area contributed by atoms with E-state index in [4.69, 9.17) is 0 Å². The van der Waals surface area contributed by atoms with Gasteiger partial charge in [0, 0.05) is 22.3 Å². The molecule has 0 atom stereocenters. The first-order valence-corrected chi connectivity index (χ1v) is 7.84. The van der Waals surface area contributed by atoms with Crippen LogP contribution in [0.3, 0.4) is 0 Å². The number of carbonyl (C=O) groups excluding carboxylic acids is 1. The van der Waals surface area contributed by atoms with E-state index in [1.54, 1.807) is 13.0 Å². The summed E-state index contributed by atoms with van der Waals surface area (Å²) in [6, 6.07) is 7.56. The molecule has 0 aliphatic heterocycles. The highest BCUT2D eigenvalue weighted by atomic mass is 79.9. The van der Waals surface area contributed by atoms with Crippen molar-refractivity contribution in [3.05, 3.63) is 45.8 Å². The molecule has 2 aromatic rings. The fraction of sp³-hybridized carbons (Fsp3) is 0.312. The summed E-state index contributed by atoms with van der Waals surface area (Å²) < 4.78 is 0.950. The number of hydrogen-bond donors (Lipinski definition) is 2. The molecule has 1 amide bonds. The van der Waals surface area contributed by atoms with Gasteiger partial charge in [0.1, 0.15) is 17.3 Å². The summed E-state index contributed by atoms with van der Waals surface area (Å²) in [4.78, 5) is 20.8. The third kappa shape index (κ3) is 4.27. The normalized spacial score (nSPS) is 10.6. The molecule has 2 rings (SSSR count). The Bertz CT molecular complexity index is 701. The molecule has 0 aliphatic carbocycles. The molecule has 0 saturated carbocycles. The van der Waals surface area contributed by atoms with Crippen molar-refractivity contribution in [2.45, 2.75) is 33.7 Å². The van der Waals surface area contributed by atoms with Gasteiger partial charge in [-0.25, -0.2) is 9.97 Å². The number of aryl methyl sites for hydroxylation is 2. The molecule has 0 radical (unpaired) electrons. The van der Waals surface area contributed by atoms with Gasteiger partial charge in [-0.15, -0.1) is 0 Å². The van der Waals surface area contributed by atoms with Gasteiger partial charge in [-0.2, -0.15) is 0 Å². The zero-order valence-electron chi connectivity index (χ0n) is 13.1. The average molecular weight is 363 g/mol. The Kier molecular flexibility index (Phi) is 5.13. The first-order valence-electron chi connectivity index (χ1n) is 7.05. The first kappa shape index (κ1) is 16.4. The molecule has 22 heavy (non-hydrogen) atoms. The Balaban J connectivity index is 2.21. The fourth-order valence-electron chi connectivity index (χ4n) is 1.92. The molecule has 1 heterocycles. The summed E-state index contributed by atoms with van der Waals surface area (Å²) >= 11 is 3.46. The predicted octanol–water partition coefficient (Wildman–Crippen LogP) is 3.93. The first-order chi connectivity index (χ1) is 10.3. The van der Waals surface area contributed by atoms with Crippen molar-refractivity contribution in [1.29, 1.82) is 0 Å². The van der Waals surface area contributed by atoms with Crippen LogP contribution in [-0.2, 0) is 0 Å². The molecule has 116 valence electrons. The summed E-state index contributed by atoms with van der Waals surface area (Å²) in [6.45, 7) is 7.79. The fourth-order valence-corrected chi connectivity index (χ4v) is 2.30. The van der Waals surface area contributed by atoms with Gasteiger partial charge in [0.25, 0.3) is 5.91 Å². The summed E-state index contributed by atoms with van der Waals surface area (Å²) in [7, 11) is 0. The van der Waals surface area contributed by atoms with Crippen LogP contribution in [0.5, 0.6) is 0 Å². The molecule has 5 nitrogen and oxygen atoms in total. The molecule has 1 aromatic heterocycles. The second-order valence-corrected chi connectivity index (χ2v) is 6.26. The molecular formula is C16H19BrN4O. The minimum absolute atomic E-state index is 0.235. The van der Waals surface area contributed by atoms with E-state index < -0.39 is 0 Å². The Morgan fingerprint density at radius 1 is 1.18 bits per heavy atom. The van der Waals surface area contributed by atoms with Gasteiger partial charge in [0.05, 0.1) is 0 Å². The van der Waals surface area contributed by atoms with E-state index >= 15 is 0 Å². The lowest BCUT2D eigenvalue weighted by molar-refractivity contribution is 0.102. The SMILES string of the molecule is Cc1nc(NC(C)C)cc(C(=O)Nc2ccc(C)c(Br)c2)n1. The molecule has 0 saturated heterocycles. The molecule has 1 aromatic carbocycles. The Labute approximate surface area is 138 Å². The van der Waals surface area contributed by atoms with Gasteiger partial charge in [-0.05, 0) is 45.4 Å². The maximum Gasteiger partial charge on any atom is 0.274 e. The van der Waals surface area contributed by atoms with Crippen molar-refractivity contribution >= 4 is 33.3 Å². The second kappa shape index (κ2) is 6.87. The number of hydrogen-bond acceptors (Lipinski definition) is 4. The summed E-state index contributed by atoms with van der Waals surface area (Å²) in [5.41, 5.74) is 2.17. The third-order valence-electron chi connectivity index (χ3n) is 2.94. The van der Waals surface area contributed by atoms with E-state index in [-0.39, 0.29) is 11.9 Å². The van der Waals surface area contributed by atoms with Crippen molar-refractivity contribution in [3.63, 3.8) is 0 Å². The summed E-state index contributed by atoms with van der Waals surface area (Å²) in [5.74, 6) is 0.951. The molecule has 0 spiro atoms. The van der Waals surface area contributed by atoms with Gasteiger partial charge in [0.15, 0.2) is 0 Å². The number of aromatic nitrogens is 2. The van der Waals surface area contributed by atoms with Gasteiger partial charge in [-0.1, -0.05) is 22.0 Å². The van der Waals surface area contributed by atoms with E-state index in [1.165, 1.54) is 0 Å².